The maximum atomic E-state index is 11.3. The van der Waals surface area contributed by atoms with Gasteiger partial charge in [-0.05, 0) is 49.1 Å². The Morgan fingerprint density at radius 2 is 1.58 bits per heavy atom. The van der Waals surface area contributed by atoms with Crippen LogP contribution in [-0.2, 0) is 22.4 Å². The van der Waals surface area contributed by atoms with E-state index in [9.17, 15) is 4.79 Å². The van der Waals surface area contributed by atoms with Crippen molar-refractivity contribution in [3.8, 4) is 28.3 Å². The molecule has 0 spiro atoms. The summed E-state index contributed by atoms with van der Waals surface area (Å²) < 4.78 is 16.5. The van der Waals surface area contributed by atoms with Gasteiger partial charge < -0.3 is 13.9 Å². The van der Waals surface area contributed by atoms with Crippen molar-refractivity contribution in [3.05, 3.63) is 95.4 Å². The summed E-state index contributed by atoms with van der Waals surface area (Å²) in [5.41, 5.74) is 6.36. The molecule has 0 atom stereocenters. The van der Waals surface area contributed by atoms with Gasteiger partial charge in [-0.3, -0.25) is 0 Å². The number of methoxy groups -OCH3 is 1. The van der Waals surface area contributed by atoms with Crippen LogP contribution in [0.4, 0.5) is 0 Å². The van der Waals surface area contributed by atoms with Crippen LogP contribution < -0.4 is 4.74 Å². The first-order valence-corrected chi connectivity index (χ1v) is 11.0. The monoisotopic (exact) mass is 441 g/mol. The van der Waals surface area contributed by atoms with E-state index in [2.05, 4.69) is 42.8 Å². The van der Waals surface area contributed by atoms with Crippen LogP contribution in [0.3, 0.4) is 0 Å². The molecular weight excluding hydrogens is 414 g/mol. The molecule has 4 rings (SSSR count). The third-order valence-electron chi connectivity index (χ3n) is 5.57. The highest BCUT2D eigenvalue weighted by Crippen LogP contribution is 2.36. The highest BCUT2D eigenvalue weighted by Gasteiger charge is 2.19. The van der Waals surface area contributed by atoms with Gasteiger partial charge in [-0.2, -0.15) is 0 Å². The zero-order valence-corrected chi connectivity index (χ0v) is 19.1. The Kier molecular flexibility index (Phi) is 6.89. The maximum Gasteiger partial charge on any atom is 0.343 e. The van der Waals surface area contributed by atoms with Gasteiger partial charge in [0.25, 0.3) is 0 Å². The molecule has 0 fully saturated rings. The van der Waals surface area contributed by atoms with E-state index >= 15 is 0 Å². The zero-order valence-electron chi connectivity index (χ0n) is 19.1. The Hall–Kier alpha value is -3.86. The average molecular weight is 442 g/mol. The second-order valence-electron chi connectivity index (χ2n) is 7.93. The first kappa shape index (κ1) is 22.3. The summed E-state index contributed by atoms with van der Waals surface area (Å²) in [4.78, 5) is 16.2. The molecule has 3 aromatic carbocycles. The second kappa shape index (κ2) is 10.2. The fourth-order valence-electron chi connectivity index (χ4n) is 3.75. The molecule has 168 valence electrons. The summed E-state index contributed by atoms with van der Waals surface area (Å²) in [7, 11) is 1.34. The van der Waals surface area contributed by atoms with E-state index in [0.29, 0.717) is 18.1 Å². The quantitative estimate of drug-likeness (QED) is 0.316. The molecule has 0 bridgehead atoms. The molecule has 0 saturated carbocycles. The highest BCUT2D eigenvalue weighted by atomic mass is 16.6. The summed E-state index contributed by atoms with van der Waals surface area (Å²) in [5.74, 6) is 1.71. The van der Waals surface area contributed by atoms with E-state index in [0.717, 1.165) is 45.7 Å². The molecule has 1 aromatic heterocycles. The summed E-state index contributed by atoms with van der Waals surface area (Å²) >= 11 is 0. The maximum absolute atomic E-state index is 11.3. The van der Waals surface area contributed by atoms with Gasteiger partial charge in [-0.15, -0.1) is 0 Å². The Morgan fingerprint density at radius 1 is 0.879 bits per heavy atom. The number of rotatable bonds is 8. The Morgan fingerprint density at radius 3 is 2.27 bits per heavy atom. The third-order valence-corrected chi connectivity index (χ3v) is 5.57. The lowest BCUT2D eigenvalue weighted by molar-refractivity contribution is -0.142. The lowest BCUT2D eigenvalue weighted by Crippen LogP contribution is -2.12. The first-order chi connectivity index (χ1) is 16.0. The molecule has 0 amide bonds. The minimum absolute atomic E-state index is 0.112. The topological polar surface area (TPSA) is 61.6 Å². The van der Waals surface area contributed by atoms with Crippen molar-refractivity contribution < 1.29 is 18.7 Å². The number of carbonyl (C=O) groups is 1. The van der Waals surface area contributed by atoms with E-state index in [1.54, 1.807) is 0 Å². The van der Waals surface area contributed by atoms with Crippen molar-refractivity contribution in [1.29, 1.82) is 0 Å². The van der Waals surface area contributed by atoms with Gasteiger partial charge in [-0.25, -0.2) is 9.78 Å². The lowest BCUT2D eigenvalue weighted by Gasteiger charge is -2.07. The van der Waals surface area contributed by atoms with E-state index < -0.39 is 5.97 Å². The number of hydrogen-bond donors (Lipinski definition) is 0. The molecule has 0 aliphatic carbocycles. The molecular formula is C28H27NO4. The van der Waals surface area contributed by atoms with E-state index in [4.69, 9.17) is 14.1 Å². The number of nitrogens with zero attached hydrogens (tertiary/aromatic N) is 1. The van der Waals surface area contributed by atoms with Crippen molar-refractivity contribution in [1.82, 2.24) is 4.98 Å². The van der Waals surface area contributed by atoms with E-state index in [-0.39, 0.29) is 6.61 Å². The van der Waals surface area contributed by atoms with Gasteiger partial charge in [0, 0.05) is 17.5 Å². The number of carbonyl (C=O) groups excluding carboxylic acids is 1. The predicted molar refractivity (Wildman–Crippen MR) is 128 cm³/mol. The van der Waals surface area contributed by atoms with Crippen molar-refractivity contribution >= 4 is 5.97 Å². The van der Waals surface area contributed by atoms with E-state index in [1.807, 2.05) is 48.5 Å². The molecule has 1 heterocycles. The van der Waals surface area contributed by atoms with Crippen molar-refractivity contribution in [3.63, 3.8) is 0 Å². The zero-order chi connectivity index (χ0) is 23.2. The number of esters is 1. The number of aryl methyl sites for hydroxylation is 4. The smallest absolute Gasteiger partial charge is 0.343 e. The Labute approximate surface area is 194 Å². The Bertz CT molecular complexity index is 1200. The summed E-state index contributed by atoms with van der Waals surface area (Å²) in [6.07, 6.45) is 1.38. The summed E-state index contributed by atoms with van der Waals surface area (Å²) in [5, 5.41) is 0. The largest absolute Gasteiger partial charge is 0.482 e. The van der Waals surface area contributed by atoms with Gasteiger partial charge in [-0.1, -0.05) is 60.7 Å². The number of ether oxygens (including phenoxy) is 2. The van der Waals surface area contributed by atoms with Crippen molar-refractivity contribution in [2.24, 2.45) is 0 Å². The molecule has 0 aliphatic rings. The molecule has 0 radical (unpaired) electrons. The molecule has 33 heavy (non-hydrogen) atoms. The molecule has 0 saturated heterocycles. The fourth-order valence-corrected chi connectivity index (χ4v) is 3.75. The van der Waals surface area contributed by atoms with Crippen LogP contribution in [0, 0.1) is 13.8 Å². The molecule has 0 N–H and O–H groups in total. The molecule has 5 heteroatoms. The van der Waals surface area contributed by atoms with Gasteiger partial charge in [0.15, 0.2) is 18.3 Å². The normalized spacial score (nSPS) is 10.8. The third kappa shape index (κ3) is 5.32. The van der Waals surface area contributed by atoms with Gasteiger partial charge in [0.1, 0.15) is 11.4 Å². The van der Waals surface area contributed by atoms with Gasteiger partial charge >= 0.3 is 5.97 Å². The van der Waals surface area contributed by atoms with Crippen LogP contribution in [-0.4, -0.2) is 24.7 Å². The van der Waals surface area contributed by atoms with Crippen LogP contribution in [0.25, 0.3) is 22.6 Å². The SMILES string of the molecule is COC(=O)COc1cccc(CCc2nc(-c3ccccc3C)c(-c3ccccc3C)o2)c1. The molecule has 0 unspecified atom stereocenters. The number of benzene rings is 3. The Balaban J connectivity index is 1.59. The summed E-state index contributed by atoms with van der Waals surface area (Å²) in [6, 6.07) is 24.1. The highest BCUT2D eigenvalue weighted by molar-refractivity contribution is 5.80. The average Bonchev–Trinajstić information content (AvgIpc) is 3.26. The number of hydrogen-bond acceptors (Lipinski definition) is 5. The predicted octanol–water partition coefficient (Wildman–Crippen LogP) is 5.96. The van der Waals surface area contributed by atoms with Crippen LogP contribution in [0.5, 0.6) is 5.75 Å². The van der Waals surface area contributed by atoms with Crippen LogP contribution >= 0.6 is 0 Å². The molecule has 5 nitrogen and oxygen atoms in total. The number of aromatic nitrogens is 1. The molecule has 0 aliphatic heterocycles. The first-order valence-electron chi connectivity index (χ1n) is 11.0. The number of oxazole rings is 1. The van der Waals surface area contributed by atoms with Crippen molar-refractivity contribution in [2.45, 2.75) is 26.7 Å². The van der Waals surface area contributed by atoms with Crippen molar-refractivity contribution in [2.75, 3.05) is 13.7 Å². The second-order valence-corrected chi connectivity index (χ2v) is 7.93. The van der Waals surface area contributed by atoms with Crippen LogP contribution in [0.15, 0.2) is 77.2 Å². The standard InChI is InChI=1S/C28H27NO4/c1-19-9-4-6-13-23(19)27-28(24-14-7-5-10-20(24)2)33-25(29-27)16-15-21-11-8-12-22(17-21)32-18-26(30)31-3/h4-14,17H,15-16,18H2,1-3H3. The van der Waals surface area contributed by atoms with E-state index in [1.165, 1.54) is 7.11 Å². The lowest BCUT2D eigenvalue weighted by atomic mass is 9.99. The molecule has 4 aromatic rings. The van der Waals surface area contributed by atoms with Gasteiger partial charge in [0.2, 0.25) is 0 Å². The van der Waals surface area contributed by atoms with Crippen LogP contribution in [0.1, 0.15) is 22.6 Å². The summed E-state index contributed by atoms with van der Waals surface area (Å²) in [6.45, 7) is 4.06. The fraction of sp³-hybridized carbons (Fsp3) is 0.214. The van der Waals surface area contributed by atoms with Gasteiger partial charge in [0.05, 0.1) is 7.11 Å². The minimum atomic E-state index is -0.410. The van der Waals surface area contributed by atoms with Crippen LogP contribution in [0.2, 0.25) is 0 Å². The minimum Gasteiger partial charge on any atom is -0.482 e.